The standard InChI is InChI=1S/C12H12N2O2/c1-7(2)9-5-4-6-14-8(3)10(12(15)16)13-11(9)14/h4-6H,1H2,2-3H3,(H,15,16). The molecule has 0 aliphatic carbocycles. The molecule has 0 radical (unpaired) electrons. The van der Waals surface area contributed by atoms with Gasteiger partial charge in [-0.1, -0.05) is 6.58 Å². The molecule has 0 unspecified atom stereocenters. The van der Waals surface area contributed by atoms with Gasteiger partial charge in [0.05, 0.1) is 5.69 Å². The predicted octanol–water partition coefficient (Wildman–Crippen LogP) is 2.37. The Hall–Kier alpha value is -2.10. The van der Waals surface area contributed by atoms with Crippen LogP contribution in [-0.4, -0.2) is 20.5 Å². The largest absolute Gasteiger partial charge is 0.476 e. The van der Waals surface area contributed by atoms with Crippen LogP contribution >= 0.6 is 0 Å². The van der Waals surface area contributed by atoms with Gasteiger partial charge in [-0.05, 0) is 31.6 Å². The number of nitrogens with zero attached hydrogens (tertiary/aromatic N) is 2. The van der Waals surface area contributed by atoms with E-state index in [4.69, 9.17) is 5.11 Å². The van der Waals surface area contributed by atoms with E-state index >= 15 is 0 Å². The molecule has 2 heterocycles. The Morgan fingerprint density at radius 1 is 1.56 bits per heavy atom. The molecule has 4 nitrogen and oxygen atoms in total. The third-order valence-corrected chi connectivity index (χ3v) is 2.55. The van der Waals surface area contributed by atoms with Crippen molar-refractivity contribution in [3.8, 4) is 0 Å². The number of aromatic carboxylic acids is 1. The first-order chi connectivity index (χ1) is 7.52. The predicted molar refractivity (Wildman–Crippen MR) is 61.6 cm³/mol. The molecule has 0 saturated carbocycles. The number of fused-ring (bicyclic) bond motifs is 1. The fourth-order valence-electron chi connectivity index (χ4n) is 1.72. The average molecular weight is 216 g/mol. The molecule has 2 rings (SSSR count). The van der Waals surface area contributed by atoms with E-state index in [2.05, 4.69) is 11.6 Å². The SMILES string of the molecule is C=C(C)c1cccn2c(C)c(C(=O)O)nc12. The van der Waals surface area contributed by atoms with Crippen LogP contribution in [0.5, 0.6) is 0 Å². The second-order valence-electron chi connectivity index (χ2n) is 3.75. The fourth-order valence-corrected chi connectivity index (χ4v) is 1.72. The van der Waals surface area contributed by atoms with Crippen molar-refractivity contribution >= 4 is 17.2 Å². The highest BCUT2D eigenvalue weighted by Gasteiger charge is 2.16. The molecule has 0 atom stereocenters. The maximum atomic E-state index is 11.0. The lowest BCUT2D eigenvalue weighted by Gasteiger charge is -2.02. The van der Waals surface area contributed by atoms with Gasteiger partial charge in [0.1, 0.15) is 5.65 Å². The lowest BCUT2D eigenvalue weighted by atomic mass is 10.1. The van der Waals surface area contributed by atoms with Crippen molar-refractivity contribution in [3.63, 3.8) is 0 Å². The van der Waals surface area contributed by atoms with Crippen LogP contribution in [0.4, 0.5) is 0 Å². The second kappa shape index (κ2) is 3.48. The van der Waals surface area contributed by atoms with Crippen molar-refractivity contribution in [1.29, 1.82) is 0 Å². The van der Waals surface area contributed by atoms with Crippen LogP contribution in [0.2, 0.25) is 0 Å². The Balaban J connectivity index is 2.85. The molecule has 4 heteroatoms. The van der Waals surface area contributed by atoms with Gasteiger partial charge >= 0.3 is 5.97 Å². The fraction of sp³-hybridized carbons (Fsp3) is 0.167. The van der Waals surface area contributed by atoms with Gasteiger partial charge < -0.3 is 9.51 Å². The van der Waals surface area contributed by atoms with Crippen molar-refractivity contribution in [2.45, 2.75) is 13.8 Å². The van der Waals surface area contributed by atoms with Gasteiger partial charge in [-0.3, -0.25) is 0 Å². The third kappa shape index (κ3) is 1.39. The number of rotatable bonds is 2. The molecular weight excluding hydrogens is 204 g/mol. The number of imidazole rings is 1. The van der Waals surface area contributed by atoms with Crippen molar-refractivity contribution in [1.82, 2.24) is 9.38 Å². The van der Waals surface area contributed by atoms with Gasteiger partial charge in [0, 0.05) is 11.8 Å². The number of carbonyl (C=O) groups is 1. The van der Waals surface area contributed by atoms with E-state index in [9.17, 15) is 4.79 Å². The maximum absolute atomic E-state index is 11.0. The number of allylic oxidation sites excluding steroid dienone is 1. The summed E-state index contributed by atoms with van der Waals surface area (Å²) in [5.74, 6) is -1.01. The molecular formula is C12H12N2O2. The summed E-state index contributed by atoms with van der Waals surface area (Å²) in [5, 5.41) is 9.00. The zero-order valence-electron chi connectivity index (χ0n) is 9.19. The number of carboxylic acids is 1. The molecule has 0 amide bonds. The minimum Gasteiger partial charge on any atom is -0.476 e. The van der Waals surface area contributed by atoms with Crippen LogP contribution < -0.4 is 0 Å². The molecule has 2 aromatic rings. The van der Waals surface area contributed by atoms with Crippen LogP contribution in [-0.2, 0) is 0 Å². The number of aryl methyl sites for hydroxylation is 1. The first kappa shape index (κ1) is 10.4. The van der Waals surface area contributed by atoms with Gasteiger partial charge in [-0.25, -0.2) is 9.78 Å². The normalized spacial score (nSPS) is 10.6. The maximum Gasteiger partial charge on any atom is 0.356 e. The quantitative estimate of drug-likeness (QED) is 0.838. The Bertz CT molecular complexity index is 596. The van der Waals surface area contributed by atoms with Crippen LogP contribution in [0.15, 0.2) is 24.9 Å². The van der Waals surface area contributed by atoms with E-state index in [0.29, 0.717) is 11.3 Å². The summed E-state index contributed by atoms with van der Waals surface area (Å²) in [5.41, 5.74) is 3.11. The Labute approximate surface area is 92.9 Å². The monoisotopic (exact) mass is 216 g/mol. The summed E-state index contributed by atoms with van der Waals surface area (Å²) in [4.78, 5) is 15.1. The molecule has 82 valence electrons. The Morgan fingerprint density at radius 3 is 2.81 bits per heavy atom. The highest BCUT2D eigenvalue weighted by molar-refractivity contribution is 5.89. The van der Waals surface area contributed by atoms with Crippen LogP contribution in [0.25, 0.3) is 11.2 Å². The summed E-state index contributed by atoms with van der Waals surface area (Å²) in [7, 11) is 0. The van der Waals surface area contributed by atoms with E-state index in [1.807, 2.05) is 19.1 Å². The Morgan fingerprint density at radius 2 is 2.25 bits per heavy atom. The van der Waals surface area contributed by atoms with Gasteiger partial charge in [0.2, 0.25) is 0 Å². The van der Waals surface area contributed by atoms with E-state index in [0.717, 1.165) is 11.1 Å². The third-order valence-electron chi connectivity index (χ3n) is 2.55. The number of hydrogen-bond donors (Lipinski definition) is 1. The van der Waals surface area contributed by atoms with E-state index in [1.54, 1.807) is 17.5 Å². The van der Waals surface area contributed by atoms with Crippen LogP contribution in [0, 0.1) is 6.92 Å². The Kier molecular flexibility index (Phi) is 2.27. The number of pyridine rings is 1. The van der Waals surface area contributed by atoms with Crippen LogP contribution in [0.3, 0.4) is 0 Å². The summed E-state index contributed by atoms with van der Waals surface area (Å²) < 4.78 is 1.77. The summed E-state index contributed by atoms with van der Waals surface area (Å²) in [6.45, 7) is 7.48. The molecule has 0 aliphatic heterocycles. The van der Waals surface area contributed by atoms with Crippen LogP contribution in [0.1, 0.15) is 28.7 Å². The zero-order valence-corrected chi connectivity index (χ0v) is 9.19. The number of aromatic nitrogens is 2. The second-order valence-corrected chi connectivity index (χ2v) is 3.75. The summed E-state index contributed by atoms with van der Waals surface area (Å²) in [6, 6.07) is 3.74. The van der Waals surface area contributed by atoms with E-state index in [1.165, 1.54) is 0 Å². The van der Waals surface area contributed by atoms with Crippen molar-refractivity contribution in [2.24, 2.45) is 0 Å². The van der Waals surface area contributed by atoms with Crippen molar-refractivity contribution < 1.29 is 9.90 Å². The van der Waals surface area contributed by atoms with Gasteiger partial charge in [-0.2, -0.15) is 0 Å². The smallest absolute Gasteiger partial charge is 0.356 e. The molecule has 0 spiro atoms. The molecule has 0 saturated heterocycles. The molecule has 2 aromatic heterocycles. The lowest BCUT2D eigenvalue weighted by molar-refractivity contribution is 0.0690. The molecule has 0 bridgehead atoms. The van der Waals surface area contributed by atoms with E-state index < -0.39 is 5.97 Å². The zero-order chi connectivity index (χ0) is 11.9. The average Bonchev–Trinajstić information content (AvgIpc) is 2.56. The first-order valence-electron chi connectivity index (χ1n) is 4.89. The first-order valence-corrected chi connectivity index (χ1v) is 4.89. The lowest BCUT2D eigenvalue weighted by Crippen LogP contribution is -1.99. The highest BCUT2D eigenvalue weighted by Crippen LogP contribution is 2.20. The number of hydrogen-bond acceptors (Lipinski definition) is 2. The van der Waals surface area contributed by atoms with Crippen molar-refractivity contribution in [3.05, 3.63) is 41.9 Å². The summed E-state index contributed by atoms with van der Waals surface area (Å²) in [6.07, 6.45) is 1.80. The van der Waals surface area contributed by atoms with Gasteiger partial charge in [0.15, 0.2) is 5.69 Å². The minimum absolute atomic E-state index is 0.0914. The highest BCUT2D eigenvalue weighted by atomic mass is 16.4. The summed E-state index contributed by atoms with van der Waals surface area (Å²) >= 11 is 0. The number of carboxylic acid groups (broad SMARTS) is 1. The van der Waals surface area contributed by atoms with Gasteiger partial charge in [0.25, 0.3) is 0 Å². The van der Waals surface area contributed by atoms with Crippen molar-refractivity contribution in [2.75, 3.05) is 0 Å². The molecule has 0 aliphatic rings. The molecule has 1 N–H and O–H groups in total. The van der Waals surface area contributed by atoms with E-state index in [-0.39, 0.29) is 5.69 Å². The molecule has 16 heavy (non-hydrogen) atoms. The minimum atomic E-state index is -1.01. The van der Waals surface area contributed by atoms with Gasteiger partial charge in [-0.15, -0.1) is 0 Å². The molecule has 0 aromatic carbocycles. The molecule has 0 fully saturated rings. The topological polar surface area (TPSA) is 54.6 Å².